The number of hydrogen-bond acceptors (Lipinski definition) is 9. The third-order valence-electron chi connectivity index (χ3n) is 4.21. The fraction of sp³-hybridized carbons (Fsp3) is 0.423. The molecule has 0 radical (unpaired) electrons. The van der Waals surface area contributed by atoms with Gasteiger partial charge in [-0.15, -0.1) is 0 Å². The van der Waals surface area contributed by atoms with Crippen LogP contribution in [-0.4, -0.2) is 65.2 Å². The molecule has 2 rings (SSSR count). The van der Waals surface area contributed by atoms with Crippen LogP contribution in [0.2, 0.25) is 0 Å². The fourth-order valence-corrected chi connectivity index (χ4v) is 2.79. The standard InChI is InChI=1S/C26H34N4O6/c1-25(2,3)35-23(32)30(24(33)36-26(4,5)6)21-12-10-11-18(27-21)22-20(34-9)14-13-17(28-22)19(31)15-16-29(7)8/h10-16H,1-9H3/b16-15+. The first-order valence-electron chi connectivity index (χ1n) is 11.3. The van der Waals surface area contributed by atoms with Crippen LogP contribution >= 0.6 is 0 Å². The molecule has 2 amide bonds. The van der Waals surface area contributed by atoms with Crippen molar-refractivity contribution in [1.29, 1.82) is 0 Å². The number of nitrogens with zero attached hydrogens (tertiary/aromatic N) is 4. The van der Waals surface area contributed by atoms with Gasteiger partial charge in [-0.1, -0.05) is 6.07 Å². The van der Waals surface area contributed by atoms with Crippen LogP contribution in [0.25, 0.3) is 11.4 Å². The van der Waals surface area contributed by atoms with E-state index in [9.17, 15) is 14.4 Å². The summed E-state index contributed by atoms with van der Waals surface area (Å²) in [6.07, 6.45) is 1.12. The van der Waals surface area contributed by atoms with E-state index in [4.69, 9.17) is 14.2 Å². The number of methoxy groups -OCH3 is 1. The summed E-state index contributed by atoms with van der Waals surface area (Å²) in [4.78, 5) is 49.9. The Morgan fingerprint density at radius 2 is 1.44 bits per heavy atom. The van der Waals surface area contributed by atoms with E-state index >= 15 is 0 Å². The number of ether oxygens (including phenoxy) is 3. The first kappa shape index (κ1) is 28.3. The van der Waals surface area contributed by atoms with E-state index in [0.29, 0.717) is 5.75 Å². The van der Waals surface area contributed by atoms with Crippen molar-refractivity contribution in [2.75, 3.05) is 26.1 Å². The molecule has 2 aromatic heterocycles. The molecule has 0 atom stereocenters. The van der Waals surface area contributed by atoms with Crippen molar-refractivity contribution >= 4 is 23.8 Å². The van der Waals surface area contributed by atoms with E-state index in [1.165, 1.54) is 19.3 Å². The van der Waals surface area contributed by atoms with Gasteiger partial charge in [0, 0.05) is 26.4 Å². The van der Waals surface area contributed by atoms with Crippen LogP contribution in [0.15, 0.2) is 42.6 Å². The predicted octanol–water partition coefficient (Wildman–Crippen LogP) is 5.09. The number of imide groups is 1. The molecule has 2 aromatic rings. The second-order valence-corrected chi connectivity index (χ2v) is 10.1. The van der Waals surface area contributed by atoms with Crippen LogP contribution in [0.5, 0.6) is 5.75 Å². The van der Waals surface area contributed by atoms with Gasteiger partial charge in [-0.2, -0.15) is 4.90 Å². The van der Waals surface area contributed by atoms with Gasteiger partial charge >= 0.3 is 12.2 Å². The molecular weight excluding hydrogens is 464 g/mol. The number of amides is 2. The second kappa shape index (κ2) is 11.2. The number of hydrogen-bond donors (Lipinski definition) is 0. The van der Waals surface area contributed by atoms with Crippen LogP contribution in [0.1, 0.15) is 52.0 Å². The molecule has 0 unspecified atom stereocenters. The molecule has 0 fully saturated rings. The molecule has 0 aliphatic heterocycles. The summed E-state index contributed by atoms with van der Waals surface area (Å²) < 4.78 is 16.3. The molecule has 2 heterocycles. The SMILES string of the molecule is COc1ccc(C(=O)/C=C/N(C)C)nc1-c1cccc(N(C(=O)OC(C)(C)C)C(=O)OC(C)(C)C)n1. The molecule has 0 bridgehead atoms. The van der Waals surface area contributed by atoms with E-state index in [-0.39, 0.29) is 28.7 Å². The quantitative estimate of drug-likeness (QED) is 0.397. The van der Waals surface area contributed by atoms with E-state index in [2.05, 4.69) is 9.97 Å². The Morgan fingerprint density at radius 1 is 0.861 bits per heavy atom. The number of pyridine rings is 2. The maximum atomic E-state index is 13.0. The van der Waals surface area contributed by atoms with Gasteiger partial charge < -0.3 is 19.1 Å². The second-order valence-electron chi connectivity index (χ2n) is 10.1. The van der Waals surface area contributed by atoms with Crippen molar-refractivity contribution in [3.63, 3.8) is 0 Å². The van der Waals surface area contributed by atoms with Crippen LogP contribution in [-0.2, 0) is 9.47 Å². The van der Waals surface area contributed by atoms with Gasteiger partial charge in [0.2, 0.25) is 5.78 Å². The highest BCUT2D eigenvalue weighted by Crippen LogP contribution is 2.29. The summed E-state index contributed by atoms with van der Waals surface area (Å²) >= 11 is 0. The minimum Gasteiger partial charge on any atom is -0.494 e. The molecule has 0 aliphatic rings. The minimum atomic E-state index is -0.945. The predicted molar refractivity (Wildman–Crippen MR) is 136 cm³/mol. The number of allylic oxidation sites excluding steroid dienone is 1. The third-order valence-corrected chi connectivity index (χ3v) is 4.21. The Morgan fingerprint density at radius 3 is 1.94 bits per heavy atom. The Bertz CT molecular complexity index is 1120. The van der Waals surface area contributed by atoms with E-state index < -0.39 is 23.4 Å². The zero-order valence-corrected chi connectivity index (χ0v) is 22.3. The molecule has 0 aliphatic carbocycles. The average Bonchev–Trinajstić information content (AvgIpc) is 2.74. The zero-order chi connectivity index (χ0) is 27.3. The van der Waals surface area contributed by atoms with Crippen molar-refractivity contribution < 1.29 is 28.6 Å². The Balaban J connectivity index is 2.58. The van der Waals surface area contributed by atoms with E-state index in [1.54, 1.807) is 91.0 Å². The highest BCUT2D eigenvalue weighted by Gasteiger charge is 2.34. The van der Waals surface area contributed by atoms with Gasteiger partial charge in [-0.25, -0.2) is 19.6 Å². The molecule has 0 N–H and O–H groups in total. The van der Waals surface area contributed by atoms with Crippen molar-refractivity contribution in [1.82, 2.24) is 14.9 Å². The number of anilines is 1. The summed E-state index contributed by atoms with van der Waals surface area (Å²) in [5.74, 6) is 0.00542. The number of carbonyl (C=O) groups is 3. The lowest BCUT2D eigenvalue weighted by Gasteiger charge is -2.28. The fourth-order valence-electron chi connectivity index (χ4n) is 2.79. The summed E-state index contributed by atoms with van der Waals surface area (Å²) in [5.41, 5.74) is -1.03. The highest BCUT2D eigenvalue weighted by molar-refractivity contribution is 6.09. The number of ketones is 1. The lowest BCUT2D eigenvalue weighted by atomic mass is 10.1. The molecule has 0 saturated carbocycles. The molecular formula is C26H34N4O6. The Kier molecular flexibility index (Phi) is 8.80. The Hall–Kier alpha value is -3.95. The van der Waals surface area contributed by atoms with Gasteiger partial charge in [0.1, 0.15) is 34.2 Å². The molecule has 0 saturated heterocycles. The normalized spacial score (nSPS) is 11.7. The summed E-state index contributed by atoms with van der Waals surface area (Å²) in [6.45, 7) is 10.1. The van der Waals surface area contributed by atoms with Crippen molar-refractivity contribution in [2.24, 2.45) is 0 Å². The largest absolute Gasteiger partial charge is 0.494 e. The highest BCUT2D eigenvalue weighted by atomic mass is 16.6. The van der Waals surface area contributed by atoms with Gasteiger partial charge in [-0.3, -0.25) is 4.79 Å². The molecule has 10 nitrogen and oxygen atoms in total. The molecule has 0 spiro atoms. The first-order valence-corrected chi connectivity index (χ1v) is 11.3. The molecule has 194 valence electrons. The number of rotatable bonds is 6. The summed E-state index contributed by atoms with van der Waals surface area (Å²) in [5, 5.41) is 0. The van der Waals surface area contributed by atoms with Crippen molar-refractivity contribution in [3.05, 3.63) is 48.3 Å². The van der Waals surface area contributed by atoms with Crippen LogP contribution in [0.4, 0.5) is 15.4 Å². The topological polar surface area (TPSA) is 111 Å². The van der Waals surface area contributed by atoms with Gasteiger partial charge in [-0.05, 0) is 65.8 Å². The van der Waals surface area contributed by atoms with Crippen LogP contribution in [0, 0.1) is 0 Å². The smallest absolute Gasteiger partial charge is 0.425 e. The number of carbonyl (C=O) groups excluding carboxylic acids is 3. The molecule has 10 heteroatoms. The molecule has 36 heavy (non-hydrogen) atoms. The first-order chi connectivity index (χ1) is 16.6. The zero-order valence-electron chi connectivity index (χ0n) is 22.3. The average molecular weight is 499 g/mol. The maximum absolute atomic E-state index is 13.0. The van der Waals surface area contributed by atoms with Gasteiger partial charge in [0.25, 0.3) is 0 Å². The lowest BCUT2D eigenvalue weighted by molar-refractivity contribution is 0.0429. The van der Waals surface area contributed by atoms with Crippen LogP contribution < -0.4 is 9.64 Å². The van der Waals surface area contributed by atoms with Crippen molar-refractivity contribution in [3.8, 4) is 17.1 Å². The summed E-state index contributed by atoms with van der Waals surface area (Å²) in [6, 6.07) is 7.84. The van der Waals surface area contributed by atoms with Crippen LogP contribution in [0.3, 0.4) is 0 Å². The minimum absolute atomic E-state index is 0.0379. The monoisotopic (exact) mass is 498 g/mol. The third kappa shape index (κ3) is 8.07. The molecule has 0 aromatic carbocycles. The maximum Gasteiger partial charge on any atom is 0.425 e. The lowest BCUT2D eigenvalue weighted by Crippen LogP contribution is -2.44. The van der Waals surface area contributed by atoms with E-state index in [1.807, 2.05) is 0 Å². The van der Waals surface area contributed by atoms with E-state index in [0.717, 1.165) is 4.90 Å². The summed E-state index contributed by atoms with van der Waals surface area (Å²) in [7, 11) is 5.06. The Labute approximate surface area is 211 Å². The van der Waals surface area contributed by atoms with Crippen molar-refractivity contribution in [2.45, 2.75) is 52.7 Å². The van der Waals surface area contributed by atoms with Gasteiger partial charge in [0.05, 0.1) is 12.8 Å². The number of aromatic nitrogens is 2. The van der Waals surface area contributed by atoms with Gasteiger partial charge in [0.15, 0.2) is 0 Å².